The first-order valence-electron chi connectivity index (χ1n) is 8.37. The summed E-state index contributed by atoms with van der Waals surface area (Å²) in [5.74, 6) is 1.58. The monoisotopic (exact) mass is 370 g/mol. The maximum absolute atomic E-state index is 12.6. The first-order valence-corrected chi connectivity index (χ1v) is 9.36. The lowest BCUT2D eigenvalue weighted by Crippen LogP contribution is -2.27. The minimum atomic E-state index is -0.196. The molecule has 2 aromatic carbocycles. The van der Waals surface area contributed by atoms with Gasteiger partial charge in [-0.3, -0.25) is 9.59 Å². The summed E-state index contributed by atoms with van der Waals surface area (Å²) in [4.78, 5) is 25.1. The first kappa shape index (κ1) is 16.8. The molecule has 2 heterocycles. The van der Waals surface area contributed by atoms with Gasteiger partial charge in [0.25, 0.3) is 5.91 Å². The highest BCUT2D eigenvalue weighted by atomic mass is 32.2. The van der Waals surface area contributed by atoms with Crippen LogP contribution in [0.4, 0.5) is 5.69 Å². The molecule has 0 aromatic heterocycles. The first-order chi connectivity index (χ1) is 12.6. The van der Waals surface area contributed by atoms with Crippen molar-refractivity contribution in [3.63, 3.8) is 0 Å². The number of ether oxygens (including phenoxy) is 2. The van der Waals surface area contributed by atoms with E-state index in [1.807, 2.05) is 31.2 Å². The van der Waals surface area contributed by atoms with Gasteiger partial charge in [0.05, 0.1) is 17.5 Å². The molecule has 4 rings (SSSR count). The lowest BCUT2D eigenvalue weighted by molar-refractivity contribution is -0.113. The van der Waals surface area contributed by atoms with Crippen molar-refractivity contribution in [2.24, 2.45) is 0 Å². The van der Waals surface area contributed by atoms with Gasteiger partial charge in [-0.1, -0.05) is 6.07 Å². The van der Waals surface area contributed by atoms with E-state index >= 15 is 0 Å². The highest BCUT2D eigenvalue weighted by Gasteiger charge is 2.19. The Morgan fingerprint density at radius 2 is 1.96 bits per heavy atom. The van der Waals surface area contributed by atoms with Crippen LogP contribution in [0, 0.1) is 0 Å². The average molecular weight is 370 g/mol. The predicted octanol–water partition coefficient (Wildman–Crippen LogP) is 2.99. The van der Waals surface area contributed by atoms with Crippen molar-refractivity contribution in [2.45, 2.75) is 17.9 Å². The summed E-state index contributed by atoms with van der Waals surface area (Å²) in [6.45, 7) is 2.99. The Balaban J connectivity index is 1.49. The van der Waals surface area contributed by atoms with Gasteiger partial charge >= 0.3 is 0 Å². The van der Waals surface area contributed by atoms with Crippen LogP contribution in [0.25, 0.3) is 0 Å². The molecule has 7 heteroatoms. The third kappa shape index (κ3) is 3.35. The fourth-order valence-corrected chi connectivity index (χ4v) is 3.71. The minimum Gasteiger partial charge on any atom is -0.486 e. The summed E-state index contributed by atoms with van der Waals surface area (Å²) in [6, 6.07) is 10.8. The highest BCUT2D eigenvalue weighted by molar-refractivity contribution is 8.00. The quantitative estimate of drug-likeness (QED) is 0.869. The normalized spacial score (nSPS) is 16.3. The topological polar surface area (TPSA) is 76.7 Å². The number of amides is 2. The van der Waals surface area contributed by atoms with Crippen LogP contribution in [0.1, 0.15) is 28.9 Å². The number of benzene rings is 2. The van der Waals surface area contributed by atoms with E-state index in [0.29, 0.717) is 36.0 Å². The zero-order valence-corrected chi connectivity index (χ0v) is 15.0. The van der Waals surface area contributed by atoms with Gasteiger partial charge in [0, 0.05) is 10.5 Å². The van der Waals surface area contributed by atoms with Crippen LogP contribution < -0.4 is 20.1 Å². The Kier molecular flexibility index (Phi) is 4.46. The molecule has 134 valence electrons. The summed E-state index contributed by atoms with van der Waals surface area (Å²) in [5.41, 5.74) is 2.13. The molecule has 1 atom stereocenters. The van der Waals surface area contributed by atoms with E-state index < -0.39 is 0 Å². The van der Waals surface area contributed by atoms with Crippen LogP contribution in [-0.4, -0.2) is 30.8 Å². The SMILES string of the molecule is C[C@H](NC(=O)c1ccc2c(c1)NC(=O)CS2)c1ccc2c(c1)OCCO2. The van der Waals surface area contributed by atoms with E-state index in [1.165, 1.54) is 11.8 Å². The van der Waals surface area contributed by atoms with Gasteiger partial charge in [-0.05, 0) is 42.8 Å². The molecule has 2 amide bonds. The zero-order chi connectivity index (χ0) is 18.1. The summed E-state index contributed by atoms with van der Waals surface area (Å²) >= 11 is 1.47. The number of hydrogen-bond donors (Lipinski definition) is 2. The van der Waals surface area contributed by atoms with E-state index in [4.69, 9.17) is 9.47 Å². The molecular weight excluding hydrogens is 352 g/mol. The van der Waals surface area contributed by atoms with Gasteiger partial charge in [0.15, 0.2) is 11.5 Å². The number of carbonyl (C=O) groups excluding carboxylic acids is 2. The Bertz CT molecular complexity index is 884. The number of hydrogen-bond acceptors (Lipinski definition) is 5. The van der Waals surface area contributed by atoms with Gasteiger partial charge in [-0.25, -0.2) is 0 Å². The predicted molar refractivity (Wildman–Crippen MR) is 99.1 cm³/mol. The second-order valence-electron chi connectivity index (χ2n) is 6.15. The summed E-state index contributed by atoms with van der Waals surface area (Å²) < 4.78 is 11.1. The molecule has 0 aliphatic carbocycles. The van der Waals surface area contributed by atoms with Crippen molar-refractivity contribution in [2.75, 3.05) is 24.3 Å². The van der Waals surface area contributed by atoms with Gasteiger partial charge in [0.1, 0.15) is 13.2 Å². The van der Waals surface area contributed by atoms with Crippen LogP contribution >= 0.6 is 11.8 Å². The Morgan fingerprint density at radius 3 is 2.81 bits per heavy atom. The number of thioether (sulfide) groups is 1. The summed E-state index contributed by atoms with van der Waals surface area (Å²) in [7, 11) is 0. The summed E-state index contributed by atoms with van der Waals surface area (Å²) in [5, 5.41) is 5.79. The van der Waals surface area contributed by atoms with Gasteiger partial charge in [-0.15, -0.1) is 11.8 Å². The number of fused-ring (bicyclic) bond motifs is 2. The maximum atomic E-state index is 12.6. The average Bonchev–Trinajstić information content (AvgIpc) is 2.66. The Labute approximate surface area is 155 Å². The third-order valence-electron chi connectivity index (χ3n) is 4.29. The molecule has 2 aliphatic rings. The molecule has 0 saturated heterocycles. The molecule has 26 heavy (non-hydrogen) atoms. The van der Waals surface area contributed by atoms with Crippen molar-refractivity contribution >= 4 is 29.3 Å². The molecule has 0 fully saturated rings. The van der Waals surface area contributed by atoms with Crippen molar-refractivity contribution in [3.05, 3.63) is 47.5 Å². The van der Waals surface area contributed by atoms with Crippen LogP contribution in [0.15, 0.2) is 41.3 Å². The van der Waals surface area contributed by atoms with E-state index in [1.54, 1.807) is 12.1 Å². The standard InChI is InChI=1S/C19H18N2O4S/c1-11(12-2-4-15-16(9-12)25-7-6-24-15)20-19(23)13-3-5-17-14(8-13)21-18(22)10-26-17/h2-5,8-9,11H,6-7,10H2,1H3,(H,20,23)(H,21,22)/t11-/m0/s1. The van der Waals surface area contributed by atoms with E-state index in [-0.39, 0.29) is 17.9 Å². The molecule has 0 saturated carbocycles. The molecule has 2 aliphatic heterocycles. The van der Waals surface area contributed by atoms with E-state index in [0.717, 1.165) is 16.2 Å². The Hall–Kier alpha value is -2.67. The Morgan fingerprint density at radius 1 is 1.15 bits per heavy atom. The smallest absolute Gasteiger partial charge is 0.251 e. The van der Waals surface area contributed by atoms with Crippen molar-refractivity contribution in [3.8, 4) is 11.5 Å². The number of anilines is 1. The molecule has 0 radical (unpaired) electrons. The van der Waals surface area contributed by atoms with Crippen molar-refractivity contribution in [1.29, 1.82) is 0 Å². The molecule has 2 aromatic rings. The highest BCUT2D eigenvalue weighted by Crippen LogP contribution is 2.33. The van der Waals surface area contributed by atoms with Gasteiger partial charge < -0.3 is 20.1 Å². The second-order valence-corrected chi connectivity index (χ2v) is 7.16. The van der Waals surface area contributed by atoms with E-state index in [2.05, 4.69) is 10.6 Å². The van der Waals surface area contributed by atoms with Gasteiger partial charge in [-0.2, -0.15) is 0 Å². The third-order valence-corrected chi connectivity index (χ3v) is 5.36. The van der Waals surface area contributed by atoms with Crippen LogP contribution in [0.3, 0.4) is 0 Å². The van der Waals surface area contributed by atoms with E-state index in [9.17, 15) is 9.59 Å². The van der Waals surface area contributed by atoms with Crippen LogP contribution in [0.2, 0.25) is 0 Å². The largest absolute Gasteiger partial charge is 0.486 e. The maximum Gasteiger partial charge on any atom is 0.251 e. The lowest BCUT2D eigenvalue weighted by Gasteiger charge is -2.21. The van der Waals surface area contributed by atoms with Crippen LogP contribution in [-0.2, 0) is 4.79 Å². The fraction of sp³-hybridized carbons (Fsp3) is 0.263. The molecular formula is C19H18N2O4S. The molecule has 2 N–H and O–H groups in total. The minimum absolute atomic E-state index is 0.0512. The van der Waals surface area contributed by atoms with Crippen LogP contribution in [0.5, 0.6) is 11.5 Å². The number of rotatable bonds is 3. The van der Waals surface area contributed by atoms with Crippen molar-refractivity contribution < 1.29 is 19.1 Å². The van der Waals surface area contributed by atoms with Gasteiger partial charge in [0.2, 0.25) is 5.91 Å². The summed E-state index contributed by atoms with van der Waals surface area (Å²) in [6.07, 6.45) is 0. The molecule has 0 bridgehead atoms. The molecule has 6 nitrogen and oxygen atoms in total. The number of nitrogens with one attached hydrogen (secondary N) is 2. The molecule has 0 spiro atoms. The fourth-order valence-electron chi connectivity index (χ4n) is 2.92. The molecule has 0 unspecified atom stereocenters. The number of carbonyl (C=O) groups is 2. The zero-order valence-electron chi connectivity index (χ0n) is 14.2. The van der Waals surface area contributed by atoms with Crippen molar-refractivity contribution in [1.82, 2.24) is 5.32 Å². The second kappa shape index (κ2) is 6.92. The lowest BCUT2D eigenvalue weighted by atomic mass is 10.1.